The molecule has 2 N–H and O–H groups in total. The summed E-state index contributed by atoms with van der Waals surface area (Å²) in [6.45, 7) is 6.13. The first-order chi connectivity index (χ1) is 9.49. The van der Waals surface area contributed by atoms with Crippen molar-refractivity contribution < 1.29 is 19.4 Å². The lowest BCUT2D eigenvalue weighted by atomic mass is 9.99. The summed E-state index contributed by atoms with van der Waals surface area (Å²) >= 11 is 0. The number of benzene rings is 1. The molecule has 1 rings (SSSR count). The smallest absolute Gasteiger partial charge is 0.326 e. The molecule has 0 saturated carbocycles. The number of hydrogen-bond acceptors (Lipinski definition) is 3. The monoisotopic (exact) mass is 279 g/mol. The second-order valence-electron chi connectivity index (χ2n) is 4.63. The Kier molecular flexibility index (Phi) is 6.03. The lowest BCUT2D eigenvalue weighted by Crippen LogP contribution is -2.45. The number of carbonyl (C=O) groups excluding carboxylic acids is 1. The van der Waals surface area contributed by atoms with Crippen molar-refractivity contribution >= 4 is 11.9 Å². The van der Waals surface area contributed by atoms with Crippen LogP contribution < -0.4 is 10.1 Å². The average molecular weight is 279 g/mol. The van der Waals surface area contributed by atoms with Crippen LogP contribution in [0.1, 0.15) is 37.6 Å². The van der Waals surface area contributed by atoms with Crippen molar-refractivity contribution in [3.8, 4) is 5.75 Å². The third-order valence-electron chi connectivity index (χ3n) is 3.19. The molecule has 5 nitrogen and oxygen atoms in total. The zero-order chi connectivity index (χ0) is 15.1. The van der Waals surface area contributed by atoms with Gasteiger partial charge in [-0.2, -0.15) is 0 Å². The molecular weight excluding hydrogens is 258 g/mol. The van der Waals surface area contributed by atoms with Crippen molar-refractivity contribution in [2.24, 2.45) is 5.92 Å². The van der Waals surface area contributed by atoms with Crippen LogP contribution in [-0.2, 0) is 4.79 Å². The van der Waals surface area contributed by atoms with E-state index in [1.54, 1.807) is 31.2 Å². The Bertz CT molecular complexity index is 455. The lowest BCUT2D eigenvalue weighted by molar-refractivity contribution is -0.140. The summed E-state index contributed by atoms with van der Waals surface area (Å²) in [5.74, 6) is -0.848. The number of carbonyl (C=O) groups is 2. The fourth-order valence-electron chi connectivity index (χ4n) is 1.78. The Labute approximate surface area is 118 Å². The molecule has 0 aliphatic heterocycles. The third kappa shape index (κ3) is 4.26. The number of aliphatic carboxylic acids is 1. The van der Waals surface area contributed by atoms with Crippen LogP contribution in [0.3, 0.4) is 0 Å². The minimum Gasteiger partial charge on any atom is -0.494 e. The summed E-state index contributed by atoms with van der Waals surface area (Å²) < 4.78 is 5.29. The molecule has 1 amide bonds. The summed E-state index contributed by atoms with van der Waals surface area (Å²) in [5, 5.41) is 11.7. The Morgan fingerprint density at radius 2 is 1.85 bits per heavy atom. The number of carboxylic acid groups (broad SMARTS) is 1. The van der Waals surface area contributed by atoms with E-state index < -0.39 is 12.0 Å². The number of nitrogens with one attached hydrogen (secondary N) is 1. The molecule has 0 aliphatic rings. The highest BCUT2D eigenvalue weighted by Gasteiger charge is 2.25. The molecule has 0 aliphatic carbocycles. The first-order valence-corrected chi connectivity index (χ1v) is 6.76. The molecule has 1 aromatic carbocycles. The van der Waals surface area contributed by atoms with Gasteiger partial charge in [-0.25, -0.2) is 4.79 Å². The molecule has 0 aromatic heterocycles. The number of hydrogen-bond donors (Lipinski definition) is 2. The van der Waals surface area contributed by atoms with Gasteiger partial charge in [0, 0.05) is 5.56 Å². The molecule has 0 fully saturated rings. The predicted octanol–water partition coefficient (Wildman–Crippen LogP) is 2.31. The zero-order valence-corrected chi connectivity index (χ0v) is 12.1. The van der Waals surface area contributed by atoms with Crippen molar-refractivity contribution in [1.82, 2.24) is 5.32 Å². The zero-order valence-electron chi connectivity index (χ0n) is 12.1. The summed E-state index contributed by atoms with van der Waals surface area (Å²) in [6, 6.07) is 5.75. The molecule has 2 unspecified atom stereocenters. The van der Waals surface area contributed by atoms with Crippen LogP contribution in [-0.4, -0.2) is 29.6 Å². The fourth-order valence-corrected chi connectivity index (χ4v) is 1.78. The molecule has 0 heterocycles. The highest BCUT2D eigenvalue weighted by molar-refractivity contribution is 5.96. The minimum absolute atomic E-state index is 0.126. The highest BCUT2D eigenvalue weighted by Crippen LogP contribution is 2.13. The van der Waals surface area contributed by atoms with E-state index >= 15 is 0 Å². The number of rotatable bonds is 7. The van der Waals surface area contributed by atoms with Crippen molar-refractivity contribution in [3.63, 3.8) is 0 Å². The fraction of sp³-hybridized carbons (Fsp3) is 0.467. The SMILES string of the molecule is CCOc1ccc(C(=O)NC(C(=O)O)C(C)CC)cc1. The van der Waals surface area contributed by atoms with Gasteiger partial charge in [0.15, 0.2) is 0 Å². The molecular formula is C15H21NO4. The topological polar surface area (TPSA) is 75.6 Å². The highest BCUT2D eigenvalue weighted by atomic mass is 16.5. The quantitative estimate of drug-likeness (QED) is 0.803. The molecule has 2 atom stereocenters. The number of ether oxygens (including phenoxy) is 1. The molecule has 20 heavy (non-hydrogen) atoms. The summed E-state index contributed by atoms with van der Waals surface area (Å²) in [5.41, 5.74) is 0.419. The van der Waals surface area contributed by atoms with Crippen LogP contribution in [0, 0.1) is 5.92 Å². The Morgan fingerprint density at radius 3 is 2.30 bits per heavy atom. The van der Waals surface area contributed by atoms with Gasteiger partial charge in [0.2, 0.25) is 0 Å². The Hall–Kier alpha value is -2.04. The van der Waals surface area contributed by atoms with Gasteiger partial charge in [0.1, 0.15) is 11.8 Å². The van der Waals surface area contributed by atoms with Crippen molar-refractivity contribution in [2.75, 3.05) is 6.61 Å². The van der Waals surface area contributed by atoms with E-state index in [1.807, 2.05) is 13.8 Å². The predicted molar refractivity (Wildman–Crippen MR) is 76.0 cm³/mol. The molecule has 0 radical (unpaired) electrons. The maximum absolute atomic E-state index is 12.0. The van der Waals surface area contributed by atoms with Gasteiger partial charge in [0.05, 0.1) is 6.61 Å². The molecule has 0 spiro atoms. The summed E-state index contributed by atoms with van der Waals surface area (Å²) in [6.07, 6.45) is 0.681. The van der Waals surface area contributed by atoms with Crippen LogP contribution in [0.5, 0.6) is 5.75 Å². The maximum Gasteiger partial charge on any atom is 0.326 e. The molecule has 1 aromatic rings. The van der Waals surface area contributed by atoms with Crippen molar-refractivity contribution in [2.45, 2.75) is 33.2 Å². The lowest BCUT2D eigenvalue weighted by Gasteiger charge is -2.20. The average Bonchev–Trinajstić information content (AvgIpc) is 2.44. The standard InChI is InChI=1S/C15H21NO4/c1-4-10(3)13(15(18)19)16-14(17)11-6-8-12(9-7-11)20-5-2/h6-10,13H,4-5H2,1-3H3,(H,16,17)(H,18,19). The molecule has 0 bridgehead atoms. The van der Waals surface area contributed by atoms with E-state index in [1.165, 1.54) is 0 Å². The van der Waals surface area contributed by atoms with Gasteiger partial charge < -0.3 is 15.2 Å². The second-order valence-corrected chi connectivity index (χ2v) is 4.63. The molecule has 5 heteroatoms. The van der Waals surface area contributed by atoms with E-state index in [4.69, 9.17) is 9.84 Å². The van der Waals surface area contributed by atoms with E-state index in [9.17, 15) is 9.59 Å². The third-order valence-corrected chi connectivity index (χ3v) is 3.19. The van der Waals surface area contributed by atoms with Crippen molar-refractivity contribution in [1.29, 1.82) is 0 Å². The number of amides is 1. The van der Waals surface area contributed by atoms with Crippen molar-refractivity contribution in [3.05, 3.63) is 29.8 Å². The second kappa shape index (κ2) is 7.53. The van der Waals surface area contributed by atoms with Crippen LogP contribution in [0.15, 0.2) is 24.3 Å². The van der Waals surface area contributed by atoms with E-state index in [2.05, 4.69) is 5.32 Å². The maximum atomic E-state index is 12.0. The first kappa shape index (κ1) is 16.0. The van der Waals surface area contributed by atoms with E-state index in [-0.39, 0.29) is 11.8 Å². The molecule has 0 saturated heterocycles. The van der Waals surface area contributed by atoms with Gasteiger partial charge in [0.25, 0.3) is 5.91 Å². The Balaban J connectivity index is 2.76. The largest absolute Gasteiger partial charge is 0.494 e. The normalized spacial score (nSPS) is 13.3. The van der Waals surface area contributed by atoms with Gasteiger partial charge in [-0.15, -0.1) is 0 Å². The van der Waals surface area contributed by atoms with E-state index in [0.29, 0.717) is 24.3 Å². The van der Waals surface area contributed by atoms with Gasteiger partial charge >= 0.3 is 5.97 Å². The van der Waals surface area contributed by atoms with Crippen LogP contribution in [0.2, 0.25) is 0 Å². The van der Waals surface area contributed by atoms with Gasteiger partial charge in [-0.3, -0.25) is 4.79 Å². The molecule has 110 valence electrons. The van der Waals surface area contributed by atoms with Gasteiger partial charge in [-0.1, -0.05) is 20.3 Å². The summed E-state index contributed by atoms with van der Waals surface area (Å²) in [4.78, 5) is 23.2. The Morgan fingerprint density at radius 1 is 1.25 bits per heavy atom. The van der Waals surface area contributed by atoms with Crippen LogP contribution >= 0.6 is 0 Å². The van der Waals surface area contributed by atoms with Crippen LogP contribution in [0.25, 0.3) is 0 Å². The van der Waals surface area contributed by atoms with Crippen LogP contribution in [0.4, 0.5) is 0 Å². The van der Waals surface area contributed by atoms with Gasteiger partial charge in [-0.05, 0) is 37.1 Å². The minimum atomic E-state index is -1.02. The first-order valence-electron chi connectivity index (χ1n) is 6.76. The summed E-state index contributed by atoms with van der Waals surface area (Å²) in [7, 11) is 0. The number of carboxylic acids is 1. The van der Waals surface area contributed by atoms with E-state index in [0.717, 1.165) is 0 Å².